The molecule has 0 saturated heterocycles. The first-order chi connectivity index (χ1) is 9.47. The van der Waals surface area contributed by atoms with Gasteiger partial charge >= 0.3 is 0 Å². The van der Waals surface area contributed by atoms with Gasteiger partial charge in [-0.05, 0) is 41.9 Å². The first-order valence-electron chi connectivity index (χ1n) is 5.39. The van der Waals surface area contributed by atoms with Gasteiger partial charge in [-0.2, -0.15) is 0 Å². The molecule has 4 nitrogen and oxygen atoms in total. The molecule has 0 aliphatic heterocycles. The molecule has 7 heteroatoms. The van der Waals surface area contributed by atoms with Crippen molar-refractivity contribution < 1.29 is 14.0 Å². The van der Waals surface area contributed by atoms with E-state index < -0.39 is 17.0 Å². The van der Waals surface area contributed by atoms with Crippen molar-refractivity contribution in [2.45, 2.75) is 0 Å². The molecular formula is C13H7Cl2FN2O2. The van der Waals surface area contributed by atoms with Crippen molar-refractivity contribution in [2.75, 3.05) is 5.32 Å². The van der Waals surface area contributed by atoms with Gasteiger partial charge in [0.15, 0.2) is 0 Å². The van der Waals surface area contributed by atoms with Crippen molar-refractivity contribution in [3.05, 3.63) is 58.5 Å². The first-order valence-corrected chi connectivity index (χ1v) is 6.15. The molecule has 1 heterocycles. The summed E-state index contributed by atoms with van der Waals surface area (Å²) in [5.41, 5.74) is 0.0380. The number of aromatic nitrogens is 1. The van der Waals surface area contributed by atoms with Crippen LogP contribution in [0.3, 0.4) is 0 Å². The summed E-state index contributed by atoms with van der Waals surface area (Å²) in [4.78, 5) is 26.5. The second kappa shape index (κ2) is 5.98. The number of nitrogens with one attached hydrogen (secondary N) is 1. The van der Waals surface area contributed by atoms with Crippen LogP contribution in [0.1, 0.15) is 20.7 Å². The molecular weight excluding hydrogens is 306 g/mol. The Morgan fingerprint density at radius 3 is 2.50 bits per heavy atom. The summed E-state index contributed by atoms with van der Waals surface area (Å²) in [6, 6.07) is 6.50. The Hall–Kier alpha value is -1.98. The molecule has 0 fully saturated rings. The first kappa shape index (κ1) is 14.4. The van der Waals surface area contributed by atoms with Crippen LogP contribution in [0.2, 0.25) is 5.02 Å². The van der Waals surface area contributed by atoms with Crippen LogP contribution in [0, 0.1) is 5.82 Å². The lowest BCUT2D eigenvalue weighted by Gasteiger charge is -2.05. The lowest BCUT2D eigenvalue weighted by atomic mass is 10.2. The lowest BCUT2D eigenvalue weighted by Crippen LogP contribution is -2.14. The van der Waals surface area contributed by atoms with Crippen molar-refractivity contribution in [2.24, 2.45) is 0 Å². The largest absolute Gasteiger partial charge is 0.306 e. The van der Waals surface area contributed by atoms with E-state index in [9.17, 15) is 14.0 Å². The highest BCUT2D eigenvalue weighted by atomic mass is 35.5. The quantitative estimate of drug-likeness (QED) is 0.882. The minimum absolute atomic E-state index is 0.159. The predicted octanol–water partition coefficient (Wildman–Crippen LogP) is 3.51. The van der Waals surface area contributed by atoms with Gasteiger partial charge in [-0.1, -0.05) is 11.6 Å². The van der Waals surface area contributed by atoms with Crippen LogP contribution in [-0.4, -0.2) is 16.1 Å². The zero-order chi connectivity index (χ0) is 14.7. The average molecular weight is 313 g/mol. The molecule has 0 bridgehead atoms. The van der Waals surface area contributed by atoms with Gasteiger partial charge in [-0.3, -0.25) is 9.59 Å². The fourth-order valence-corrected chi connectivity index (χ4v) is 1.71. The Balaban J connectivity index is 2.17. The lowest BCUT2D eigenvalue weighted by molar-refractivity contribution is 0.102. The molecule has 2 rings (SSSR count). The van der Waals surface area contributed by atoms with Gasteiger partial charge in [0.2, 0.25) is 0 Å². The molecule has 2 aromatic rings. The monoisotopic (exact) mass is 312 g/mol. The molecule has 1 aromatic carbocycles. The van der Waals surface area contributed by atoms with Crippen LogP contribution in [0.4, 0.5) is 10.2 Å². The van der Waals surface area contributed by atoms with E-state index in [-0.39, 0.29) is 22.0 Å². The minimum atomic E-state index is -0.734. The normalized spacial score (nSPS) is 10.2. The molecule has 0 radical (unpaired) electrons. The Bertz CT molecular complexity index is 675. The number of halogens is 3. The van der Waals surface area contributed by atoms with E-state index in [2.05, 4.69) is 10.3 Å². The highest BCUT2D eigenvalue weighted by Crippen LogP contribution is 2.16. The minimum Gasteiger partial charge on any atom is -0.306 e. The third-order valence-electron chi connectivity index (χ3n) is 2.41. The van der Waals surface area contributed by atoms with Gasteiger partial charge in [-0.15, -0.1) is 0 Å². The molecule has 0 aliphatic rings. The number of hydrogen-bond acceptors (Lipinski definition) is 3. The Morgan fingerprint density at radius 1 is 1.20 bits per heavy atom. The van der Waals surface area contributed by atoms with E-state index >= 15 is 0 Å². The van der Waals surface area contributed by atoms with E-state index in [0.29, 0.717) is 0 Å². The molecule has 0 atom stereocenters. The van der Waals surface area contributed by atoms with E-state index in [0.717, 1.165) is 6.07 Å². The SMILES string of the molecule is O=C(Cl)c1ccc(NC(=O)c2ccc(Cl)cc2F)nc1. The Kier molecular flexibility index (Phi) is 4.32. The van der Waals surface area contributed by atoms with Gasteiger partial charge in [0.05, 0.1) is 11.1 Å². The van der Waals surface area contributed by atoms with Crippen molar-refractivity contribution in [1.82, 2.24) is 4.98 Å². The number of amides is 1. The van der Waals surface area contributed by atoms with Gasteiger partial charge in [0.1, 0.15) is 11.6 Å². The highest BCUT2D eigenvalue weighted by Gasteiger charge is 2.13. The van der Waals surface area contributed by atoms with Crippen molar-refractivity contribution in [1.29, 1.82) is 0 Å². The van der Waals surface area contributed by atoms with E-state index in [4.69, 9.17) is 23.2 Å². The molecule has 0 aliphatic carbocycles. The second-order valence-electron chi connectivity index (χ2n) is 3.78. The summed E-state index contributed by atoms with van der Waals surface area (Å²) >= 11 is 10.9. The highest BCUT2D eigenvalue weighted by molar-refractivity contribution is 6.67. The van der Waals surface area contributed by atoms with Gasteiger partial charge in [0, 0.05) is 11.2 Å². The van der Waals surface area contributed by atoms with Gasteiger partial charge in [0.25, 0.3) is 11.1 Å². The third kappa shape index (κ3) is 3.31. The van der Waals surface area contributed by atoms with Crippen LogP contribution in [0.25, 0.3) is 0 Å². The summed E-state index contributed by atoms with van der Waals surface area (Å²) in [7, 11) is 0. The Morgan fingerprint density at radius 2 is 1.95 bits per heavy atom. The molecule has 1 aromatic heterocycles. The summed E-state index contributed by atoms with van der Waals surface area (Å²) in [6.07, 6.45) is 1.21. The molecule has 0 unspecified atom stereocenters. The molecule has 20 heavy (non-hydrogen) atoms. The van der Waals surface area contributed by atoms with Crippen LogP contribution in [0.15, 0.2) is 36.5 Å². The molecule has 0 spiro atoms. The van der Waals surface area contributed by atoms with Crippen molar-refractivity contribution in [3.8, 4) is 0 Å². The maximum atomic E-state index is 13.5. The van der Waals surface area contributed by atoms with Crippen molar-refractivity contribution >= 4 is 40.2 Å². The van der Waals surface area contributed by atoms with E-state index in [1.807, 2.05) is 0 Å². The summed E-state index contributed by atoms with van der Waals surface area (Å²) in [5.74, 6) is -1.23. The number of benzene rings is 1. The summed E-state index contributed by atoms with van der Waals surface area (Å²) < 4.78 is 13.5. The number of pyridine rings is 1. The number of carbonyl (C=O) groups is 2. The number of anilines is 1. The van der Waals surface area contributed by atoms with Crippen LogP contribution < -0.4 is 5.32 Å². The maximum Gasteiger partial charge on any atom is 0.259 e. The predicted molar refractivity (Wildman–Crippen MR) is 73.8 cm³/mol. The second-order valence-corrected chi connectivity index (χ2v) is 4.56. The van der Waals surface area contributed by atoms with Crippen LogP contribution >= 0.6 is 23.2 Å². The topological polar surface area (TPSA) is 59.1 Å². The standard InChI is InChI=1S/C13H7Cl2FN2O2/c14-8-2-3-9(10(16)5-8)13(20)18-11-4-1-7(6-17-11)12(15)19/h1-6H,(H,17,18,20). The van der Waals surface area contributed by atoms with E-state index in [1.54, 1.807) is 0 Å². The molecule has 102 valence electrons. The number of hydrogen-bond donors (Lipinski definition) is 1. The third-order valence-corrected chi connectivity index (χ3v) is 2.86. The fraction of sp³-hybridized carbons (Fsp3) is 0. The Labute approximate surface area is 123 Å². The summed E-state index contributed by atoms with van der Waals surface area (Å²) in [6.45, 7) is 0. The zero-order valence-electron chi connectivity index (χ0n) is 9.86. The van der Waals surface area contributed by atoms with Crippen LogP contribution in [-0.2, 0) is 0 Å². The fourth-order valence-electron chi connectivity index (χ4n) is 1.44. The van der Waals surface area contributed by atoms with Crippen molar-refractivity contribution in [3.63, 3.8) is 0 Å². The van der Waals surface area contributed by atoms with Gasteiger partial charge in [-0.25, -0.2) is 9.37 Å². The number of carbonyl (C=O) groups excluding carboxylic acids is 2. The average Bonchev–Trinajstić information content (AvgIpc) is 2.39. The molecule has 0 saturated carbocycles. The number of nitrogens with zero attached hydrogens (tertiary/aromatic N) is 1. The van der Waals surface area contributed by atoms with E-state index in [1.165, 1.54) is 30.5 Å². The number of rotatable bonds is 3. The smallest absolute Gasteiger partial charge is 0.259 e. The zero-order valence-corrected chi connectivity index (χ0v) is 11.4. The summed E-state index contributed by atoms with van der Waals surface area (Å²) in [5, 5.41) is 1.94. The van der Waals surface area contributed by atoms with Gasteiger partial charge < -0.3 is 5.32 Å². The molecule has 1 N–H and O–H groups in total. The maximum absolute atomic E-state index is 13.5. The molecule has 1 amide bonds. The van der Waals surface area contributed by atoms with Crippen LogP contribution in [0.5, 0.6) is 0 Å².